The molecule has 0 aromatic heterocycles. The van der Waals surface area contributed by atoms with Crippen LogP contribution >= 0.6 is 23.2 Å². The van der Waals surface area contributed by atoms with E-state index in [-0.39, 0.29) is 11.9 Å². The second-order valence-corrected chi connectivity index (χ2v) is 5.71. The molecular formula is C14H18Cl2N2O. The van der Waals surface area contributed by atoms with Crippen LogP contribution in [-0.4, -0.2) is 36.5 Å². The molecule has 104 valence electrons. The zero-order valence-corrected chi connectivity index (χ0v) is 12.5. The second kappa shape index (κ2) is 6.60. The van der Waals surface area contributed by atoms with E-state index in [0.717, 1.165) is 32.5 Å². The Morgan fingerprint density at radius 3 is 2.37 bits per heavy atom. The molecule has 1 N–H and O–H groups in total. The maximum absolute atomic E-state index is 12.1. The molecule has 1 aliphatic rings. The molecule has 1 heterocycles. The highest BCUT2D eigenvalue weighted by atomic mass is 35.5. The van der Waals surface area contributed by atoms with E-state index in [1.165, 1.54) is 0 Å². The Hall–Kier alpha value is -0.770. The topological polar surface area (TPSA) is 32.3 Å². The number of hydrogen-bond donors (Lipinski definition) is 1. The molecule has 1 saturated heterocycles. The number of carbonyl (C=O) groups is 1. The Kier molecular flexibility index (Phi) is 5.08. The van der Waals surface area contributed by atoms with Gasteiger partial charge in [0.25, 0.3) is 5.91 Å². The van der Waals surface area contributed by atoms with Crippen LogP contribution in [0, 0.1) is 0 Å². The van der Waals surface area contributed by atoms with E-state index in [1.54, 1.807) is 18.2 Å². The molecule has 1 aliphatic heterocycles. The van der Waals surface area contributed by atoms with Crippen molar-refractivity contribution in [3.63, 3.8) is 0 Å². The standard InChI is InChI=1S/C14H18Cl2N2O/c1-2-18-5-3-13(4-6-18)17-14(19)10-7-11(15)9-12(16)8-10/h7-9,13H,2-6H2,1H3,(H,17,19). The lowest BCUT2D eigenvalue weighted by molar-refractivity contribution is 0.0912. The van der Waals surface area contributed by atoms with Gasteiger partial charge in [-0.1, -0.05) is 30.1 Å². The number of likely N-dealkylation sites (tertiary alicyclic amines) is 1. The number of halogens is 2. The first-order valence-electron chi connectivity index (χ1n) is 6.58. The smallest absolute Gasteiger partial charge is 0.251 e. The molecule has 5 heteroatoms. The Morgan fingerprint density at radius 1 is 1.26 bits per heavy atom. The molecule has 0 atom stereocenters. The summed E-state index contributed by atoms with van der Waals surface area (Å²) in [6.45, 7) is 5.31. The number of hydrogen-bond acceptors (Lipinski definition) is 2. The summed E-state index contributed by atoms with van der Waals surface area (Å²) in [6, 6.07) is 5.15. The van der Waals surface area contributed by atoms with Crippen LogP contribution in [0.4, 0.5) is 0 Å². The summed E-state index contributed by atoms with van der Waals surface area (Å²) in [5.74, 6) is -0.0978. The molecule has 1 fully saturated rings. The van der Waals surface area contributed by atoms with Gasteiger partial charge in [0.1, 0.15) is 0 Å². The minimum absolute atomic E-state index is 0.0978. The normalized spacial score (nSPS) is 17.4. The van der Waals surface area contributed by atoms with E-state index >= 15 is 0 Å². The Bertz CT molecular complexity index is 437. The number of piperidine rings is 1. The van der Waals surface area contributed by atoms with Crippen molar-refractivity contribution in [3.05, 3.63) is 33.8 Å². The molecule has 0 unspecified atom stereocenters. The van der Waals surface area contributed by atoms with Crippen molar-refractivity contribution in [2.45, 2.75) is 25.8 Å². The third-order valence-electron chi connectivity index (χ3n) is 3.49. The van der Waals surface area contributed by atoms with E-state index in [9.17, 15) is 4.79 Å². The molecular weight excluding hydrogens is 283 g/mol. The number of nitrogens with one attached hydrogen (secondary N) is 1. The van der Waals surface area contributed by atoms with Gasteiger partial charge in [-0.05, 0) is 37.6 Å². The highest BCUT2D eigenvalue weighted by Gasteiger charge is 2.20. The lowest BCUT2D eigenvalue weighted by Crippen LogP contribution is -2.44. The van der Waals surface area contributed by atoms with E-state index in [4.69, 9.17) is 23.2 Å². The summed E-state index contributed by atoms with van der Waals surface area (Å²) in [7, 11) is 0. The number of rotatable bonds is 3. The zero-order valence-electron chi connectivity index (χ0n) is 11.0. The van der Waals surface area contributed by atoms with Gasteiger partial charge in [-0.25, -0.2) is 0 Å². The van der Waals surface area contributed by atoms with Gasteiger partial charge in [-0.3, -0.25) is 4.79 Å². The highest BCUT2D eigenvalue weighted by molar-refractivity contribution is 6.35. The van der Waals surface area contributed by atoms with Crippen molar-refractivity contribution < 1.29 is 4.79 Å². The molecule has 2 rings (SSSR count). The third kappa shape index (κ3) is 4.10. The first-order valence-corrected chi connectivity index (χ1v) is 7.33. The molecule has 0 radical (unpaired) electrons. The molecule has 0 aliphatic carbocycles. The molecule has 0 saturated carbocycles. The van der Waals surface area contributed by atoms with Gasteiger partial charge in [-0.15, -0.1) is 0 Å². The molecule has 1 aromatic rings. The summed E-state index contributed by atoms with van der Waals surface area (Å²) < 4.78 is 0. The van der Waals surface area contributed by atoms with Gasteiger partial charge in [0.2, 0.25) is 0 Å². The summed E-state index contributed by atoms with van der Waals surface area (Å²) in [5, 5.41) is 4.02. The summed E-state index contributed by atoms with van der Waals surface area (Å²) in [4.78, 5) is 14.5. The van der Waals surface area contributed by atoms with Crippen molar-refractivity contribution in [1.29, 1.82) is 0 Å². The first kappa shape index (κ1) is 14.6. The third-order valence-corrected chi connectivity index (χ3v) is 3.93. The van der Waals surface area contributed by atoms with E-state index in [2.05, 4.69) is 17.1 Å². The zero-order chi connectivity index (χ0) is 13.8. The van der Waals surface area contributed by atoms with E-state index < -0.39 is 0 Å². The summed E-state index contributed by atoms with van der Waals surface area (Å²) >= 11 is 11.8. The first-order chi connectivity index (χ1) is 9.08. The monoisotopic (exact) mass is 300 g/mol. The number of benzene rings is 1. The van der Waals surface area contributed by atoms with Crippen LogP contribution in [0.2, 0.25) is 10.0 Å². The predicted octanol–water partition coefficient (Wildman–Crippen LogP) is 3.21. The molecule has 3 nitrogen and oxygen atoms in total. The fraction of sp³-hybridized carbons (Fsp3) is 0.500. The average Bonchev–Trinajstić information content (AvgIpc) is 2.38. The van der Waals surface area contributed by atoms with Crippen LogP contribution in [0.25, 0.3) is 0 Å². The molecule has 1 amide bonds. The van der Waals surface area contributed by atoms with Gasteiger partial charge < -0.3 is 10.2 Å². The van der Waals surface area contributed by atoms with E-state index in [0.29, 0.717) is 15.6 Å². The fourth-order valence-electron chi connectivity index (χ4n) is 2.35. The highest BCUT2D eigenvalue weighted by Crippen LogP contribution is 2.19. The largest absolute Gasteiger partial charge is 0.349 e. The Morgan fingerprint density at radius 2 is 1.84 bits per heavy atom. The Labute approximate surface area is 123 Å². The Balaban J connectivity index is 1.94. The van der Waals surface area contributed by atoms with Crippen LogP contribution in [0.3, 0.4) is 0 Å². The van der Waals surface area contributed by atoms with Gasteiger partial charge in [0.05, 0.1) is 0 Å². The van der Waals surface area contributed by atoms with Crippen LogP contribution in [0.15, 0.2) is 18.2 Å². The molecule has 19 heavy (non-hydrogen) atoms. The van der Waals surface area contributed by atoms with Crippen LogP contribution < -0.4 is 5.32 Å². The lowest BCUT2D eigenvalue weighted by Gasteiger charge is -2.31. The quantitative estimate of drug-likeness (QED) is 0.930. The van der Waals surface area contributed by atoms with Gasteiger partial charge in [0.15, 0.2) is 0 Å². The molecule has 0 bridgehead atoms. The summed E-state index contributed by atoms with van der Waals surface area (Å²) in [6.07, 6.45) is 1.99. The number of amides is 1. The van der Waals surface area contributed by atoms with Crippen molar-refractivity contribution in [1.82, 2.24) is 10.2 Å². The average molecular weight is 301 g/mol. The van der Waals surface area contributed by atoms with Gasteiger partial charge in [0, 0.05) is 34.7 Å². The minimum atomic E-state index is -0.0978. The predicted molar refractivity (Wildman–Crippen MR) is 79.1 cm³/mol. The fourth-order valence-corrected chi connectivity index (χ4v) is 2.87. The van der Waals surface area contributed by atoms with Crippen molar-refractivity contribution in [2.24, 2.45) is 0 Å². The van der Waals surface area contributed by atoms with Gasteiger partial charge in [-0.2, -0.15) is 0 Å². The number of nitrogens with zero attached hydrogens (tertiary/aromatic N) is 1. The van der Waals surface area contributed by atoms with Crippen molar-refractivity contribution in [2.75, 3.05) is 19.6 Å². The SMILES string of the molecule is CCN1CCC(NC(=O)c2cc(Cl)cc(Cl)c2)CC1. The van der Waals surface area contributed by atoms with E-state index in [1.807, 2.05) is 0 Å². The maximum Gasteiger partial charge on any atom is 0.251 e. The van der Waals surface area contributed by atoms with Crippen LogP contribution in [0.1, 0.15) is 30.1 Å². The molecule has 0 spiro atoms. The van der Waals surface area contributed by atoms with Crippen LogP contribution in [0.5, 0.6) is 0 Å². The van der Waals surface area contributed by atoms with Crippen molar-refractivity contribution in [3.8, 4) is 0 Å². The second-order valence-electron chi connectivity index (χ2n) is 4.84. The van der Waals surface area contributed by atoms with Crippen molar-refractivity contribution >= 4 is 29.1 Å². The lowest BCUT2D eigenvalue weighted by atomic mass is 10.0. The van der Waals surface area contributed by atoms with Gasteiger partial charge >= 0.3 is 0 Å². The minimum Gasteiger partial charge on any atom is -0.349 e. The molecule has 1 aromatic carbocycles. The summed E-state index contributed by atoms with van der Waals surface area (Å²) in [5.41, 5.74) is 0.524. The van der Waals surface area contributed by atoms with Crippen LogP contribution in [-0.2, 0) is 0 Å². The maximum atomic E-state index is 12.1. The number of carbonyl (C=O) groups excluding carboxylic acids is 1.